The summed E-state index contributed by atoms with van der Waals surface area (Å²) in [6.07, 6.45) is 1.58. The number of carbonyl (C=O) groups is 2. The Labute approximate surface area is 189 Å². The predicted molar refractivity (Wildman–Crippen MR) is 120 cm³/mol. The van der Waals surface area contributed by atoms with Gasteiger partial charge in [-0.05, 0) is 69.7 Å². The van der Waals surface area contributed by atoms with Crippen molar-refractivity contribution in [2.75, 3.05) is 0 Å². The highest BCUT2D eigenvalue weighted by Gasteiger charge is 2.35. The molecule has 1 aromatic heterocycles. The van der Waals surface area contributed by atoms with E-state index >= 15 is 0 Å². The topological polar surface area (TPSA) is 50.5 Å². The first-order chi connectivity index (χ1) is 13.9. The Hall–Kier alpha value is -1.99. The Balaban J connectivity index is 1.53. The minimum Gasteiger partial charge on any atom is -0.457 e. The van der Waals surface area contributed by atoms with Crippen LogP contribution in [-0.4, -0.2) is 16.0 Å². The van der Waals surface area contributed by atoms with Crippen LogP contribution in [0, 0.1) is 0 Å². The van der Waals surface area contributed by atoms with Crippen LogP contribution in [-0.2, 0) is 11.3 Å². The average Bonchev–Trinajstić information content (AvgIpc) is 3.26. The lowest BCUT2D eigenvalue weighted by Crippen LogP contribution is -2.27. The van der Waals surface area contributed by atoms with Gasteiger partial charge in [0.15, 0.2) is 0 Å². The van der Waals surface area contributed by atoms with E-state index in [2.05, 4.69) is 15.9 Å². The van der Waals surface area contributed by atoms with Crippen molar-refractivity contribution in [3.63, 3.8) is 0 Å². The van der Waals surface area contributed by atoms with Crippen molar-refractivity contribution < 1.29 is 14.0 Å². The average molecular weight is 509 g/mol. The van der Waals surface area contributed by atoms with Crippen molar-refractivity contribution in [2.45, 2.75) is 6.54 Å². The van der Waals surface area contributed by atoms with Gasteiger partial charge in [-0.3, -0.25) is 14.5 Å². The zero-order valence-electron chi connectivity index (χ0n) is 14.7. The molecule has 2 aromatic carbocycles. The van der Waals surface area contributed by atoms with Gasteiger partial charge in [-0.2, -0.15) is 0 Å². The molecule has 0 radical (unpaired) electrons. The van der Waals surface area contributed by atoms with Gasteiger partial charge in [0.05, 0.1) is 16.5 Å². The third-order valence-corrected chi connectivity index (χ3v) is 6.62. The molecule has 2 amide bonds. The Kier molecular flexibility index (Phi) is 5.88. The Morgan fingerprint density at radius 1 is 1.03 bits per heavy atom. The minimum atomic E-state index is -0.348. The monoisotopic (exact) mass is 507 g/mol. The number of imide groups is 1. The molecule has 1 fully saturated rings. The van der Waals surface area contributed by atoms with Gasteiger partial charge in [0.2, 0.25) is 0 Å². The smallest absolute Gasteiger partial charge is 0.293 e. The van der Waals surface area contributed by atoms with E-state index in [4.69, 9.17) is 27.6 Å². The van der Waals surface area contributed by atoms with Gasteiger partial charge in [0.25, 0.3) is 11.1 Å². The van der Waals surface area contributed by atoms with Crippen LogP contribution in [0.5, 0.6) is 0 Å². The third kappa shape index (κ3) is 4.46. The lowest BCUT2D eigenvalue weighted by Gasteiger charge is -2.12. The summed E-state index contributed by atoms with van der Waals surface area (Å²) < 4.78 is 6.61. The van der Waals surface area contributed by atoms with Crippen LogP contribution >= 0.6 is 50.9 Å². The summed E-state index contributed by atoms with van der Waals surface area (Å²) in [6.45, 7) is 0.194. The van der Waals surface area contributed by atoms with E-state index < -0.39 is 0 Å². The fourth-order valence-corrected chi connectivity index (χ4v) is 4.14. The molecule has 0 bridgehead atoms. The number of benzene rings is 2. The maximum atomic E-state index is 12.7. The molecule has 29 heavy (non-hydrogen) atoms. The van der Waals surface area contributed by atoms with Gasteiger partial charge in [-0.1, -0.05) is 41.4 Å². The second-order valence-electron chi connectivity index (χ2n) is 6.23. The van der Waals surface area contributed by atoms with Gasteiger partial charge < -0.3 is 4.42 Å². The van der Waals surface area contributed by atoms with E-state index in [1.807, 2.05) is 12.1 Å². The number of hydrogen-bond acceptors (Lipinski definition) is 4. The standard InChI is InChI=1S/C21H12BrCl2NO3S/c22-16-7-3-13(9-17(16)24)18-8-6-15(28-18)10-19-20(26)25(21(27)29-19)11-12-1-4-14(23)5-2-12/h1-10H,11H2/b19-10+. The van der Waals surface area contributed by atoms with Crippen molar-refractivity contribution in [1.82, 2.24) is 4.90 Å². The zero-order chi connectivity index (χ0) is 20.5. The van der Waals surface area contributed by atoms with E-state index in [1.54, 1.807) is 48.5 Å². The molecule has 8 heteroatoms. The van der Waals surface area contributed by atoms with Crippen LogP contribution in [0.15, 0.2) is 68.4 Å². The Morgan fingerprint density at radius 3 is 2.52 bits per heavy atom. The summed E-state index contributed by atoms with van der Waals surface area (Å²) >= 11 is 16.3. The molecule has 0 N–H and O–H groups in total. The highest BCUT2D eigenvalue weighted by atomic mass is 79.9. The van der Waals surface area contributed by atoms with Crippen molar-refractivity contribution in [3.05, 3.63) is 85.3 Å². The number of amides is 2. The van der Waals surface area contributed by atoms with Crippen LogP contribution in [0.2, 0.25) is 10.0 Å². The molecule has 0 saturated carbocycles. The Morgan fingerprint density at radius 2 is 1.79 bits per heavy atom. The molecule has 4 rings (SSSR count). The number of halogens is 3. The number of rotatable bonds is 4. The molecular weight excluding hydrogens is 497 g/mol. The highest BCUT2D eigenvalue weighted by Crippen LogP contribution is 2.35. The summed E-state index contributed by atoms with van der Waals surface area (Å²) in [5, 5.41) is 0.856. The zero-order valence-corrected chi connectivity index (χ0v) is 18.6. The summed E-state index contributed by atoms with van der Waals surface area (Å²) in [5.41, 5.74) is 1.64. The second kappa shape index (κ2) is 8.40. The van der Waals surface area contributed by atoms with Crippen LogP contribution < -0.4 is 0 Å². The van der Waals surface area contributed by atoms with Crippen molar-refractivity contribution in [1.29, 1.82) is 0 Å². The molecule has 0 atom stereocenters. The van der Waals surface area contributed by atoms with E-state index in [9.17, 15) is 9.59 Å². The molecule has 3 aromatic rings. The van der Waals surface area contributed by atoms with Crippen molar-refractivity contribution in [3.8, 4) is 11.3 Å². The molecule has 0 spiro atoms. The lowest BCUT2D eigenvalue weighted by molar-refractivity contribution is -0.123. The second-order valence-corrected chi connectivity index (χ2v) is 8.92. The summed E-state index contributed by atoms with van der Waals surface area (Å²) in [4.78, 5) is 26.5. The summed E-state index contributed by atoms with van der Waals surface area (Å²) in [6, 6.07) is 16.1. The maximum Gasteiger partial charge on any atom is 0.293 e. The third-order valence-electron chi connectivity index (χ3n) is 4.23. The number of hydrogen-bond donors (Lipinski definition) is 0. The van der Waals surface area contributed by atoms with Gasteiger partial charge >= 0.3 is 0 Å². The fraction of sp³-hybridized carbons (Fsp3) is 0.0476. The molecule has 0 aliphatic carbocycles. The molecule has 2 heterocycles. The quantitative estimate of drug-likeness (QED) is 0.348. The first kappa shape index (κ1) is 20.3. The normalized spacial score (nSPS) is 15.6. The largest absolute Gasteiger partial charge is 0.457 e. The lowest BCUT2D eigenvalue weighted by atomic mass is 10.2. The van der Waals surface area contributed by atoms with Crippen LogP contribution in [0.3, 0.4) is 0 Å². The van der Waals surface area contributed by atoms with Gasteiger partial charge in [-0.25, -0.2) is 0 Å². The molecule has 1 saturated heterocycles. The van der Waals surface area contributed by atoms with Crippen LogP contribution in [0.25, 0.3) is 17.4 Å². The molecule has 1 aliphatic heterocycles. The number of nitrogens with zero attached hydrogens (tertiary/aromatic N) is 1. The van der Waals surface area contributed by atoms with Crippen LogP contribution in [0.4, 0.5) is 4.79 Å². The van der Waals surface area contributed by atoms with Crippen molar-refractivity contribution >= 4 is 68.1 Å². The molecular formula is C21H12BrCl2NO3S. The summed E-state index contributed by atoms with van der Waals surface area (Å²) in [7, 11) is 0. The molecule has 4 nitrogen and oxygen atoms in total. The van der Waals surface area contributed by atoms with E-state index in [0.29, 0.717) is 26.5 Å². The van der Waals surface area contributed by atoms with Crippen molar-refractivity contribution in [2.24, 2.45) is 0 Å². The first-order valence-electron chi connectivity index (χ1n) is 8.46. The van der Waals surface area contributed by atoms with E-state index in [-0.39, 0.29) is 17.7 Å². The van der Waals surface area contributed by atoms with E-state index in [0.717, 1.165) is 27.4 Å². The van der Waals surface area contributed by atoms with Gasteiger partial charge in [0, 0.05) is 21.1 Å². The van der Waals surface area contributed by atoms with Crippen LogP contribution in [0.1, 0.15) is 11.3 Å². The molecule has 0 unspecified atom stereocenters. The highest BCUT2D eigenvalue weighted by molar-refractivity contribution is 9.10. The number of furan rings is 1. The SMILES string of the molecule is O=C1S/C(=C/c2ccc(-c3ccc(Br)c(Cl)c3)o2)C(=O)N1Cc1ccc(Cl)cc1. The molecule has 146 valence electrons. The first-order valence-corrected chi connectivity index (χ1v) is 10.8. The van der Waals surface area contributed by atoms with Gasteiger partial charge in [0.1, 0.15) is 11.5 Å². The van der Waals surface area contributed by atoms with Gasteiger partial charge in [-0.15, -0.1) is 0 Å². The minimum absolute atomic E-state index is 0.194. The Bertz CT molecular complexity index is 1140. The predicted octanol–water partition coefficient (Wildman–Crippen LogP) is 7.25. The maximum absolute atomic E-state index is 12.7. The summed E-state index contributed by atoms with van der Waals surface area (Å²) in [5.74, 6) is 0.752. The number of carbonyl (C=O) groups excluding carboxylic acids is 2. The van der Waals surface area contributed by atoms with E-state index in [1.165, 1.54) is 4.90 Å². The fourth-order valence-electron chi connectivity index (χ4n) is 2.77. The molecule has 1 aliphatic rings. The number of thioether (sulfide) groups is 1.